The van der Waals surface area contributed by atoms with Gasteiger partial charge in [0.2, 0.25) is 0 Å². The van der Waals surface area contributed by atoms with Crippen molar-refractivity contribution in [3.05, 3.63) is 55.1 Å². The van der Waals surface area contributed by atoms with Crippen LogP contribution in [0.2, 0.25) is 4.34 Å². The van der Waals surface area contributed by atoms with Gasteiger partial charge < -0.3 is 5.11 Å². The summed E-state index contributed by atoms with van der Waals surface area (Å²) in [4.78, 5) is 0.856. The van der Waals surface area contributed by atoms with Crippen LogP contribution in [0.5, 0.6) is 0 Å². The molecule has 1 aromatic heterocycles. The molecule has 0 saturated heterocycles. The summed E-state index contributed by atoms with van der Waals surface area (Å²) in [5.74, 6) is 0. The molecule has 0 aliphatic carbocycles. The predicted molar refractivity (Wildman–Crippen MR) is 72.3 cm³/mol. The van der Waals surface area contributed by atoms with Crippen LogP contribution < -0.4 is 0 Å². The van der Waals surface area contributed by atoms with Crippen molar-refractivity contribution in [2.24, 2.45) is 0 Å². The number of aryl methyl sites for hydroxylation is 1. The fourth-order valence-electron chi connectivity index (χ4n) is 1.48. The molecule has 0 amide bonds. The second-order valence-electron chi connectivity index (χ2n) is 3.57. The maximum Gasteiger partial charge on any atom is 0.114 e. The summed E-state index contributed by atoms with van der Waals surface area (Å²) in [7, 11) is 0. The van der Waals surface area contributed by atoms with E-state index in [4.69, 9.17) is 11.6 Å². The van der Waals surface area contributed by atoms with E-state index in [1.807, 2.05) is 31.2 Å². The Balaban J connectivity index is 2.37. The summed E-state index contributed by atoms with van der Waals surface area (Å²) < 4.78 is 1.61. The second-order valence-corrected chi connectivity index (χ2v) is 6.17. The van der Waals surface area contributed by atoms with Crippen molar-refractivity contribution in [2.75, 3.05) is 0 Å². The molecular formula is C12H10BrClOS. The van der Waals surface area contributed by atoms with Crippen LogP contribution in [0.25, 0.3) is 0 Å². The third kappa shape index (κ3) is 2.48. The van der Waals surface area contributed by atoms with Crippen molar-refractivity contribution in [1.82, 2.24) is 0 Å². The average molecular weight is 318 g/mol. The Labute approximate surface area is 112 Å². The quantitative estimate of drug-likeness (QED) is 0.861. The number of aliphatic hydroxyl groups excluding tert-OH is 1. The number of halogens is 2. The van der Waals surface area contributed by atoms with Gasteiger partial charge in [0.25, 0.3) is 0 Å². The molecule has 84 valence electrons. The van der Waals surface area contributed by atoms with E-state index in [-0.39, 0.29) is 0 Å². The molecular weight excluding hydrogens is 308 g/mol. The topological polar surface area (TPSA) is 20.2 Å². The van der Waals surface area contributed by atoms with Gasteiger partial charge in [-0.2, -0.15) is 0 Å². The first kappa shape index (κ1) is 12.1. The molecule has 0 aliphatic heterocycles. The van der Waals surface area contributed by atoms with E-state index in [1.165, 1.54) is 11.3 Å². The molecule has 2 rings (SSSR count). The molecule has 1 aromatic carbocycles. The van der Waals surface area contributed by atoms with Gasteiger partial charge in [0.1, 0.15) is 6.10 Å². The van der Waals surface area contributed by atoms with Gasteiger partial charge in [-0.3, -0.25) is 0 Å². The molecule has 1 atom stereocenters. The highest BCUT2D eigenvalue weighted by Gasteiger charge is 2.15. The molecule has 0 bridgehead atoms. The first-order valence-corrected chi connectivity index (χ1v) is 6.76. The summed E-state index contributed by atoms with van der Waals surface area (Å²) in [5, 5.41) is 10.2. The van der Waals surface area contributed by atoms with Gasteiger partial charge in [-0.25, -0.2) is 0 Å². The number of hydrogen-bond acceptors (Lipinski definition) is 2. The molecule has 0 spiro atoms. The van der Waals surface area contributed by atoms with Gasteiger partial charge >= 0.3 is 0 Å². The van der Waals surface area contributed by atoms with Crippen LogP contribution in [0.1, 0.15) is 22.1 Å². The minimum absolute atomic E-state index is 0.618. The summed E-state index contributed by atoms with van der Waals surface area (Å²) in [6, 6.07) is 9.56. The molecule has 2 aromatic rings. The molecule has 0 aliphatic rings. The van der Waals surface area contributed by atoms with Crippen LogP contribution in [0.4, 0.5) is 0 Å². The summed E-state index contributed by atoms with van der Waals surface area (Å²) in [6.07, 6.45) is -0.618. The predicted octanol–water partition coefficient (Wildman–Crippen LogP) is 4.55. The Morgan fingerprint density at radius 1 is 1.31 bits per heavy atom. The van der Waals surface area contributed by atoms with E-state index < -0.39 is 6.10 Å². The Morgan fingerprint density at radius 2 is 2.06 bits per heavy atom. The highest BCUT2D eigenvalue weighted by molar-refractivity contribution is 9.10. The van der Waals surface area contributed by atoms with Crippen LogP contribution in [-0.4, -0.2) is 5.11 Å². The van der Waals surface area contributed by atoms with Gasteiger partial charge in [-0.05, 0) is 36.2 Å². The van der Waals surface area contributed by atoms with E-state index in [0.717, 1.165) is 20.5 Å². The lowest BCUT2D eigenvalue weighted by atomic mass is 10.1. The van der Waals surface area contributed by atoms with Gasteiger partial charge in [0.05, 0.1) is 4.34 Å². The number of benzene rings is 1. The average Bonchev–Trinajstić information content (AvgIpc) is 2.64. The standard InChI is InChI=1S/C12H10BrClOS/c1-7-2-3-8(9(13)6-7)12(15)10-4-5-11(14)16-10/h2-6,12,15H,1H3. The fourth-order valence-corrected chi connectivity index (χ4v) is 3.26. The first-order chi connectivity index (χ1) is 7.58. The molecule has 1 nitrogen and oxygen atoms in total. The third-order valence-corrected chi connectivity index (χ3v) is 4.28. The highest BCUT2D eigenvalue weighted by atomic mass is 79.9. The second kappa shape index (κ2) is 4.88. The van der Waals surface area contributed by atoms with Gasteiger partial charge in [-0.1, -0.05) is 39.7 Å². The zero-order valence-corrected chi connectivity index (χ0v) is 11.7. The Morgan fingerprint density at radius 3 is 2.62 bits per heavy atom. The number of hydrogen-bond donors (Lipinski definition) is 1. The number of thiophene rings is 1. The van der Waals surface area contributed by atoms with Crippen molar-refractivity contribution < 1.29 is 5.11 Å². The molecule has 0 radical (unpaired) electrons. The highest BCUT2D eigenvalue weighted by Crippen LogP contribution is 2.34. The third-order valence-electron chi connectivity index (χ3n) is 2.31. The molecule has 1 unspecified atom stereocenters. The monoisotopic (exact) mass is 316 g/mol. The van der Waals surface area contributed by atoms with Crippen LogP contribution in [0.15, 0.2) is 34.8 Å². The number of aliphatic hydroxyl groups is 1. The van der Waals surface area contributed by atoms with Crippen molar-refractivity contribution in [1.29, 1.82) is 0 Å². The molecule has 0 saturated carbocycles. The number of rotatable bonds is 2. The summed E-state index contributed by atoms with van der Waals surface area (Å²) >= 11 is 10.7. The normalized spacial score (nSPS) is 12.8. The SMILES string of the molecule is Cc1ccc(C(O)c2ccc(Cl)s2)c(Br)c1. The molecule has 4 heteroatoms. The van der Waals surface area contributed by atoms with Crippen LogP contribution in [0, 0.1) is 6.92 Å². The van der Waals surface area contributed by atoms with E-state index in [0.29, 0.717) is 4.34 Å². The van der Waals surface area contributed by atoms with Crippen LogP contribution in [-0.2, 0) is 0 Å². The maximum absolute atomic E-state index is 10.2. The van der Waals surface area contributed by atoms with Crippen molar-refractivity contribution in [3.63, 3.8) is 0 Å². The van der Waals surface area contributed by atoms with Gasteiger partial charge in [0, 0.05) is 9.35 Å². The van der Waals surface area contributed by atoms with E-state index in [9.17, 15) is 5.11 Å². The van der Waals surface area contributed by atoms with Crippen LogP contribution in [0.3, 0.4) is 0 Å². The van der Waals surface area contributed by atoms with Crippen molar-refractivity contribution in [2.45, 2.75) is 13.0 Å². The Kier molecular flexibility index (Phi) is 3.70. The Hall–Kier alpha value is -0.350. The lowest BCUT2D eigenvalue weighted by Gasteiger charge is -2.11. The lowest BCUT2D eigenvalue weighted by molar-refractivity contribution is 0.223. The van der Waals surface area contributed by atoms with Crippen LogP contribution >= 0.6 is 38.9 Å². The minimum Gasteiger partial charge on any atom is -0.383 e. The zero-order valence-electron chi connectivity index (χ0n) is 8.58. The van der Waals surface area contributed by atoms with Gasteiger partial charge in [-0.15, -0.1) is 11.3 Å². The van der Waals surface area contributed by atoms with Gasteiger partial charge in [0.15, 0.2) is 0 Å². The molecule has 1 heterocycles. The molecule has 1 N–H and O–H groups in total. The fraction of sp³-hybridized carbons (Fsp3) is 0.167. The zero-order chi connectivity index (χ0) is 11.7. The Bertz CT molecular complexity index is 509. The van der Waals surface area contributed by atoms with E-state index in [1.54, 1.807) is 6.07 Å². The lowest BCUT2D eigenvalue weighted by Crippen LogP contribution is -1.98. The summed E-state index contributed by atoms with van der Waals surface area (Å²) in [6.45, 7) is 2.02. The molecule has 16 heavy (non-hydrogen) atoms. The van der Waals surface area contributed by atoms with E-state index >= 15 is 0 Å². The van der Waals surface area contributed by atoms with Crippen molar-refractivity contribution >= 4 is 38.9 Å². The van der Waals surface area contributed by atoms with E-state index in [2.05, 4.69) is 15.9 Å². The summed E-state index contributed by atoms with van der Waals surface area (Å²) in [5.41, 5.74) is 2.02. The van der Waals surface area contributed by atoms with Crippen molar-refractivity contribution in [3.8, 4) is 0 Å². The maximum atomic E-state index is 10.2. The largest absolute Gasteiger partial charge is 0.383 e. The first-order valence-electron chi connectivity index (χ1n) is 4.77. The smallest absolute Gasteiger partial charge is 0.114 e. The minimum atomic E-state index is -0.618. The molecule has 0 fully saturated rings.